The van der Waals surface area contributed by atoms with Gasteiger partial charge in [0, 0.05) is 17.1 Å². The second-order valence-corrected chi connectivity index (χ2v) is 8.36. The van der Waals surface area contributed by atoms with Gasteiger partial charge in [-0.15, -0.1) is 0 Å². The quantitative estimate of drug-likeness (QED) is 0.388. The van der Waals surface area contributed by atoms with Gasteiger partial charge in [-0.05, 0) is 37.6 Å². The lowest BCUT2D eigenvalue weighted by molar-refractivity contribution is -0.138. The normalized spacial score (nSPS) is 11.9. The molecule has 0 saturated heterocycles. The lowest BCUT2D eigenvalue weighted by Crippen LogP contribution is -2.38. The first-order chi connectivity index (χ1) is 17.1. The first kappa shape index (κ1) is 23.3. The molecule has 1 aromatic carbocycles. The first-order valence-electron chi connectivity index (χ1n) is 10.9. The van der Waals surface area contributed by atoms with Gasteiger partial charge < -0.3 is 5.32 Å². The number of hydrogen-bond acceptors (Lipinski definition) is 5. The highest BCUT2D eigenvalue weighted by Gasteiger charge is 2.28. The van der Waals surface area contributed by atoms with Crippen molar-refractivity contribution >= 4 is 27.8 Å². The molecule has 4 heterocycles. The molecule has 0 bridgehead atoms. The van der Waals surface area contributed by atoms with Crippen LogP contribution in [0, 0.1) is 13.8 Å². The molecule has 12 heteroatoms. The number of carbonyl (C=O) groups excluding carboxylic acids is 1. The predicted octanol–water partition coefficient (Wildman–Crippen LogP) is 3.42. The highest BCUT2D eigenvalue weighted by atomic mass is 19.4. The fourth-order valence-electron chi connectivity index (χ4n) is 4.26. The molecule has 5 rings (SSSR count). The van der Waals surface area contributed by atoms with Crippen LogP contribution in [0.5, 0.6) is 0 Å². The van der Waals surface area contributed by atoms with Crippen molar-refractivity contribution in [3.8, 4) is 16.9 Å². The second kappa shape index (κ2) is 8.63. The van der Waals surface area contributed by atoms with E-state index in [0.29, 0.717) is 28.1 Å². The minimum absolute atomic E-state index is 0.429. The molecule has 1 amide bonds. The number of nitrogens with zero attached hydrogens (tertiary/aromatic N) is 5. The number of nitrogens with one attached hydrogen (secondary N) is 2. The van der Waals surface area contributed by atoms with Gasteiger partial charge in [-0.3, -0.25) is 29.0 Å². The third-order valence-corrected chi connectivity index (χ3v) is 5.88. The van der Waals surface area contributed by atoms with E-state index in [-0.39, 0.29) is 0 Å². The maximum absolute atomic E-state index is 13.5. The molecule has 9 nitrogen and oxygen atoms in total. The Hall–Kier alpha value is -4.48. The second-order valence-electron chi connectivity index (χ2n) is 8.36. The van der Waals surface area contributed by atoms with Gasteiger partial charge in [-0.25, -0.2) is 4.79 Å². The summed E-state index contributed by atoms with van der Waals surface area (Å²) in [7, 11) is 0. The van der Waals surface area contributed by atoms with Crippen LogP contribution in [-0.4, -0.2) is 47.9 Å². The van der Waals surface area contributed by atoms with Crippen LogP contribution in [-0.2, 0) is 11.3 Å². The Balaban J connectivity index is 1.60. The lowest BCUT2D eigenvalue weighted by atomic mass is 10.1. The maximum Gasteiger partial charge on any atom is 0.405 e. The van der Waals surface area contributed by atoms with Crippen LogP contribution in [0.3, 0.4) is 0 Å². The third-order valence-electron chi connectivity index (χ3n) is 5.88. The zero-order chi connectivity index (χ0) is 25.6. The van der Waals surface area contributed by atoms with Gasteiger partial charge >= 0.3 is 11.9 Å². The predicted molar refractivity (Wildman–Crippen MR) is 127 cm³/mol. The van der Waals surface area contributed by atoms with E-state index < -0.39 is 30.9 Å². The van der Waals surface area contributed by atoms with Gasteiger partial charge in [-0.1, -0.05) is 12.1 Å². The molecule has 0 aliphatic heterocycles. The number of carbonyl (C=O) groups is 1. The summed E-state index contributed by atoms with van der Waals surface area (Å²) in [5.74, 6) is -0.916. The molecule has 36 heavy (non-hydrogen) atoms. The lowest BCUT2D eigenvalue weighted by Gasteiger charge is -2.10. The minimum Gasteiger partial charge on any atom is -0.345 e. The number of aryl methyl sites for hydroxylation is 2. The SMILES string of the molecule is Cc1nc(-c2cncc3[nH]ncc23)ccc1-n1c(=O)n(CC(=O)NCC(F)(F)F)c2cccc(C)c21. The van der Waals surface area contributed by atoms with E-state index >= 15 is 0 Å². The number of pyridine rings is 2. The zero-order valence-corrected chi connectivity index (χ0v) is 19.2. The standard InChI is InChI=1S/C24H20F3N7O2/c1-13-4-3-5-20-22(13)34(23(36)33(20)11-21(35)29-12-24(25,26)27)19-7-6-17(31-14(19)2)15-8-28-10-18-16(15)9-30-32-18/h3-10H,11-12H2,1-2H3,(H,29,35)(H,30,32). The van der Waals surface area contributed by atoms with E-state index in [9.17, 15) is 22.8 Å². The van der Waals surface area contributed by atoms with Gasteiger partial charge in [0.05, 0.1) is 46.0 Å². The van der Waals surface area contributed by atoms with Gasteiger partial charge in [0.1, 0.15) is 13.1 Å². The number of alkyl halides is 3. The van der Waals surface area contributed by atoms with Crippen molar-refractivity contribution in [3.63, 3.8) is 0 Å². The Morgan fingerprint density at radius 2 is 1.92 bits per heavy atom. The number of imidazole rings is 1. The number of rotatable bonds is 5. The van der Waals surface area contributed by atoms with Crippen molar-refractivity contribution < 1.29 is 18.0 Å². The molecule has 0 fully saturated rings. The van der Waals surface area contributed by atoms with E-state index in [1.807, 2.05) is 18.3 Å². The number of benzene rings is 1. The molecular formula is C24H20F3N7O2. The van der Waals surface area contributed by atoms with Crippen LogP contribution >= 0.6 is 0 Å². The summed E-state index contributed by atoms with van der Waals surface area (Å²) in [5.41, 5.74) is 4.37. The summed E-state index contributed by atoms with van der Waals surface area (Å²) in [6.07, 6.45) is 0.477. The summed E-state index contributed by atoms with van der Waals surface area (Å²) >= 11 is 0. The van der Waals surface area contributed by atoms with E-state index in [1.54, 1.807) is 49.8 Å². The van der Waals surface area contributed by atoms with Crippen molar-refractivity contribution in [3.05, 3.63) is 70.7 Å². The Labute approximate surface area is 201 Å². The monoisotopic (exact) mass is 495 g/mol. The van der Waals surface area contributed by atoms with Crippen LogP contribution in [0.2, 0.25) is 0 Å². The average Bonchev–Trinajstić information content (AvgIpc) is 3.41. The number of amides is 1. The van der Waals surface area contributed by atoms with Crippen molar-refractivity contribution in [2.45, 2.75) is 26.6 Å². The fourth-order valence-corrected chi connectivity index (χ4v) is 4.26. The Morgan fingerprint density at radius 1 is 1.11 bits per heavy atom. The van der Waals surface area contributed by atoms with E-state index in [4.69, 9.17) is 4.98 Å². The summed E-state index contributed by atoms with van der Waals surface area (Å²) in [6.45, 7) is 1.54. The topological polar surface area (TPSA) is 110 Å². The number of aromatic nitrogens is 6. The summed E-state index contributed by atoms with van der Waals surface area (Å²) < 4.78 is 40.2. The molecule has 4 aromatic heterocycles. The van der Waals surface area contributed by atoms with Crippen LogP contribution in [0.1, 0.15) is 11.3 Å². The molecular weight excluding hydrogens is 475 g/mol. The highest BCUT2D eigenvalue weighted by molar-refractivity contribution is 5.92. The van der Waals surface area contributed by atoms with Crippen molar-refractivity contribution in [2.24, 2.45) is 0 Å². The largest absolute Gasteiger partial charge is 0.405 e. The number of fused-ring (bicyclic) bond motifs is 2. The van der Waals surface area contributed by atoms with Crippen molar-refractivity contribution in [1.82, 2.24) is 34.6 Å². The fraction of sp³-hybridized carbons (Fsp3) is 0.208. The van der Waals surface area contributed by atoms with Crippen LogP contribution in [0.4, 0.5) is 13.2 Å². The maximum atomic E-state index is 13.5. The number of aromatic amines is 1. The van der Waals surface area contributed by atoms with Crippen LogP contribution < -0.4 is 11.0 Å². The van der Waals surface area contributed by atoms with Crippen LogP contribution in [0.15, 0.2) is 53.7 Å². The zero-order valence-electron chi connectivity index (χ0n) is 19.2. The van der Waals surface area contributed by atoms with Gasteiger partial charge in [0.25, 0.3) is 0 Å². The number of H-pyrrole nitrogens is 1. The minimum atomic E-state index is -4.55. The molecule has 5 aromatic rings. The molecule has 0 unspecified atom stereocenters. The Bertz CT molecular complexity index is 1680. The molecule has 0 radical (unpaired) electrons. The van der Waals surface area contributed by atoms with Gasteiger partial charge in [0.15, 0.2) is 0 Å². The molecule has 0 aliphatic carbocycles. The third kappa shape index (κ3) is 4.10. The molecule has 0 atom stereocenters. The summed E-state index contributed by atoms with van der Waals surface area (Å²) in [6, 6.07) is 8.69. The summed E-state index contributed by atoms with van der Waals surface area (Å²) in [4.78, 5) is 34.7. The first-order valence-corrected chi connectivity index (χ1v) is 10.9. The molecule has 0 aliphatic rings. The molecule has 0 spiro atoms. The van der Waals surface area contributed by atoms with Gasteiger partial charge in [0.2, 0.25) is 5.91 Å². The van der Waals surface area contributed by atoms with E-state index in [0.717, 1.165) is 26.6 Å². The van der Waals surface area contributed by atoms with Crippen LogP contribution in [0.25, 0.3) is 38.9 Å². The molecule has 2 N–H and O–H groups in total. The smallest absolute Gasteiger partial charge is 0.345 e. The number of halogens is 3. The molecule has 184 valence electrons. The summed E-state index contributed by atoms with van der Waals surface area (Å²) in [5, 5.41) is 9.58. The average molecular weight is 495 g/mol. The Morgan fingerprint density at radius 3 is 2.67 bits per heavy atom. The number of para-hydroxylation sites is 1. The van der Waals surface area contributed by atoms with Gasteiger partial charge in [-0.2, -0.15) is 18.3 Å². The highest BCUT2D eigenvalue weighted by Crippen LogP contribution is 2.28. The van der Waals surface area contributed by atoms with Crippen molar-refractivity contribution in [1.29, 1.82) is 0 Å². The Kier molecular flexibility index (Phi) is 5.58. The molecule has 0 saturated carbocycles. The van der Waals surface area contributed by atoms with E-state index in [1.165, 1.54) is 4.57 Å². The van der Waals surface area contributed by atoms with E-state index in [2.05, 4.69) is 15.2 Å². The number of hydrogen-bond donors (Lipinski definition) is 2. The van der Waals surface area contributed by atoms with Crippen molar-refractivity contribution in [2.75, 3.05) is 6.54 Å².